The minimum Gasteiger partial charge on any atom is -0.465 e. The summed E-state index contributed by atoms with van der Waals surface area (Å²) < 4.78 is 10.4. The number of esters is 1. The fraction of sp³-hybridized carbons (Fsp3) is 0.533. The number of methoxy groups -OCH3 is 1. The van der Waals surface area contributed by atoms with Gasteiger partial charge in [0, 0.05) is 6.61 Å². The molecular formula is C15H22O3. The van der Waals surface area contributed by atoms with Gasteiger partial charge in [-0.05, 0) is 23.5 Å². The summed E-state index contributed by atoms with van der Waals surface area (Å²) in [5, 5.41) is 0. The summed E-state index contributed by atoms with van der Waals surface area (Å²) in [5.41, 5.74) is 1.72. The number of ether oxygens (including phenoxy) is 2. The van der Waals surface area contributed by atoms with Gasteiger partial charge in [-0.1, -0.05) is 39.0 Å². The number of hydrogen-bond acceptors (Lipinski definition) is 3. The Hall–Kier alpha value is -1.35. The molecule has 3 nitrogen and oxygen atoms in total. The fourth-order valence-electron chi connectivity index (χ4n) is 1.52. The maximum absolute atomic E-state index is 11.5. The number of hydrogen-bond donors (Lipinski definition) is 0. The van der Waals surface area contributed by atoms with Crippen molar-refractivity contribution >= 4 is 5.97 Å². The molecule has 1 aromatic carbocycles. The lowest BCUT2D eigenvalue weighted by Gasteiger charge is -2.18. The zero-order valence-electron chi connectivity index (χ0n) is 11.7. The van der Waals surface area contributed by atoms with Crippen LogP contribution in [0.25, 0.3) is 0 Å². The average molecular weight is 250 g/mol. The zero-order chi connectivity index (χ0) is 13.6. The summed E-state index contributed by atoms with van der Waals surface area (Å²) in [5.74, 6) is -0.315. The molecule has 1 rings (SSSR count). The van der Waals surface area contributed by atoms with Crippen LogP contribution < -0.4 is 0 Å². The molecule has 0 saturated carbocycles. The highest BCUT2D eigenvalue weighted by atomic mass is 16.5. The smallest absolute Gasteiger partial charge is 0.338 e. The monoisotopic (exact) mass is 250 g/mol. The van der Waals surface area contributed by atoms with Gasteiger partial charge >= 0.3 is 5.97 Å². The molecule has 18 heavy (non-hydrogen) atoms. The number of carbonyl (C=O) groups excluding carboxylic acids is 1. The molecule has 0 aromatic heterocycles. The highest BCUT2D eigenvalue weighted by Gasteiger charge is 2.12. The number of carbonyl (C=O) groups is 1. The van der Waals surface area contributed by atoms with Crippen LogP contribution in [-0.2, 0) is 16.1 Å². The van der Waals surface area contributed by atoms with Crippen LogP contribution in [0, 0.1) is 5.41 Å². The van der Waals surface area contributed by atoms with E-state index in [0.29, 0.717) is 18.8 Å². The molecular weight excluding hydrogens is 228 g/mol. The summed E-state index contributed by atoms with van der Waals surface area (Å²) in [6.07, 6.45) is 0.993. The first-order chi connectivity index (χ1) is 8.44. The van der Waals surface area contributed by atoms with Gasteiger partial charge in [-0.2, -0.15) is 0 Å². The van der Waals surface area contributed by atoms with Gasteiger partial charge in [0.2, 0.25) is 0 Å². The van der Waals surface area contributed by atoms with Crippen molar-refractivity contribution in [3.05, 3.63) is 35.4 Å². The largest absolute Gasteiger partial charge is 0.465 e. The summed E-state index contributed by atoms with van der Waals surface area (Å²) in [6.45, 7) is 7.68. The van der Waals surface area contributed by atoms with Gasteiger partial charge in [0.25, 0.3) is 0 Å². The van der Waals surface area contributed by atoms with Crippen LogP contribution in [0.3, 0.4) is 0 Å². The van der Waals surface area contributed by atoms with E-state index in [0.717, 1.165) is 12.0 Å². The van der Waals surface area contributed by atoms with Gasteiger partial charge in [0.05, 0.1) is 19.3 Å². The summed E-state index contributed by atoms with van der Waals surface area (Å²) in [4.78, 5) is 11.5. The minimum atomic E-state index is -0.315. The summed E-state index contributed by atoms with van der Waals surface area (Å²) >= 11 is 0. The predicted octanol–water partition coefficient (Wildman–Crippen LogP) is 3.43. The van der Waals surface area contributed by atoms with E-state index in [-0.39, 0.29) is 11.4 Å². The second-order valence-corrected chi connectivity index (χ2v) is 5.51. The summed E-state index contributed by atoms with van der Waals surface area (Å²) in [7, 11) is 1.39. The predicted molar refractivity (Wildman–Crippen MR) is 71.5 cm³/mol. The molecule has 3 heteroatoms. The molecule has 0 spiro atoms. The van der Waals surface area contributed by atoms with Crippen molar-refractivity contribution in [3.63, 3.8) is 0 Å². The van der Waals surface area contributed by atoms with E-state index in [1.54, 1.807) is 6.07 Å². The topological polar surface area (TPSA) is 35.5 Å². The SMILES string of the molecule is COC(=O)c1ccccc1COCCC(C)(C)C. The van der Waals surface area contributed by atoms with Crippen molar-refractivity contribution in [1.29, 1.82) is 0 Å². The third-order valence-corrected chi connectivity index (χ3v) is 2.68. The van der Waals surface area contributed by atoms with Crippen LogP contribution in [-0.4, -0.2) is 19.7 Å². The van der Waals surface area contributed by atoms with Gasteiger partial charge in [0.15, 0.2) is 0 Å². The van der Waals surface area contributed by atoms with Crippen molar-refractivity contribution in [2.75, 3.05) is 13.7 Å². The molecule has 0 fully saturated rings. The van der Waals surface area contributed by atoms with Gasteiger partial charge in [-0.25, -0.2) is 4.79 Å². The van der Waals surface area contributed by atoms with Crippen LogP contribution in [0.2, 0.25) is 0 Å². The molecule has 0 heterocycles. The second kappa shape index (κ2) is 6.55. The molecule has 0 aliphatic rings. The van der Waals surface area contributed by atoms with E-state index in [4.69, 9.17) is 9.47 Å². The van der Waals surface area contributed by atoms with E-state index >= 15 is 0 Å². The molecule has 0 amide bonds. The molecule has 0 aliphatic heterocycles. The Balaban J connectivity index is 2.54. The van der Waals surface area contributed by atoms with Gasteiger partial charge in [-0.15, -0.1) is 0 Å². The Morgan fingerprint density at radius 3 is 2.50 bits per heavy atom. The maximum atomic E-state index is 11.5. The van der Waals surface area contributed by atoms with Crippen LogP contribution >= 0.6 is 0 Å². The van der Waals surface area contributed by atoms with Crippen LogP contribution in [0.5, 0.6) is 0 Å². The van der Waals surface area contributed by atoms with Crippen LogP contribution in [0.1, 0.15) is 43.1 Å². The van der Waals surface area contributed by atoms with E-state index in [1.807, 2.05) is 18.2 Å². The molecule has 0 aliphatic carbocycles. The van der Waals surface area contributed by atoms with Crippen molar-refractivity contribution in [3.8, 4) is 0 Å². The van der Waals surface area contributed by atoms with Crippen LogP contribution in [0.15, 0.2) is 24.3 Å². The van der Waals surface area contributed by atoms with E-state index in [1.165, 1.54) is 7.11 Å². The maximum Gasteiger partial charge on any atom is 0.338 e. The first-order valence-electron chi connectivity index (χ1n) is 6.18. The average Bonchev–Trinajstić information content (AvgIpc) is 2.33. The van der Waals surface area contributed by atoms with E-state index in [9.17, 15) is 4.79 Å². The zero-order valence-corrected chi connectivity index (χ0v) is 11.7. The Bertz CT molecular complexity index is 391. The lowest BCUT2D eigenvalue weighted by molar-refractivity contribution is 0.0588. The van der Waals surface area contributed by atoms with Gasteiger partial charge in [0.1, 0.15) is 0 Å². The van der Waals surface area contributed by atoms with Crippen molar-refractivity contribution in [2.45, 2.75) is 33.8 Å². The highest BCUT2D eigenvalue weighted by Crippen LogP contribution is 2.19. The Labute approximate surface area is 109 Å². The minimum absolute atomic E-state index is 0.266. The molecule has 0 saturated heterocycles. The first kappa shape index (κ1) is 14.7. The Morgan fingerprint density at radius 2 is 1.89 bits per heavy atom. The first-order valence-corrected chi connectivity index (χ1v) is 6.18. The fourth-order valence-corrected chi connectivity index (χ4v) is 1.52. The van der Waals surface area contributed by atoms with Crippen molar-refractivity contribution in [2.24, 2.45) is 5.41 Å². The quantitative estimate of drug-likeness (QED) is 0.593. The van der Waals surface area contributed by atoms with Crippen LogP contribution in [0.4, 0.5) is 0 Å². The third kappa shape index (κ3) is 4.88. The highest BCUT2D eigenvalue weighted by molar-refractivity contribution is 5.90. The molecule has 0 unspecified atom stereocenters. The van der Waals surface area contributed by atoms with Crippen molar-refractivity contribution < 1.29 is 14.3 Å². The third-order valence-electron chi connectivity index (χ3n) is 2.68. The normalized spacial score (nSPS) is 11.3. The Kier molecular flexibility index (Phi) is 5.35. The Morgan fingerprint density at radius 1 is 1.22 bits per heavy atom. The molecule has 0 atom stereocenters. The van der Waals surface area contributed by atoms with E-state index < -0.39 is 0 Å². The molecule has 0 N–H and O–H groups in total. The standard InChI is InChI=1S/C15H22O3/c1-15(2,3)9-10-18-11-12-7-5-6-8-13(12)14(16)17-4/h5-8H,9-11H2,1-4H3. The number of benzene rings is 1. The van der Waals surface area contributed by atoms with Gasteiger partial charge in [-0.3, -0.25) is 0 Å². The summed E-state index contributed by atoms with van der Waals surface area (Å²) in [6, 6.07) is 7.37. The van der Waals surface area contributed by atoms with E-state index in [2.05, 4.69) is 20.8 Å². The second-order valence-electron chi connectivity index (χ2n) is 5.51. The molecule has 100 valence electrons. The molecule has 1 aromatic rings. The van der Waals surface area contributed by atoms with Crippen molar-refractivity contribution in [1.82, 2.24) is 0 Å². The molecule has 0 bridgehead atoms. The molecule has 0 radical (unpaired) electrons. The van der Waals surface area contributed by atoms with Gasteiger partial charge < -0.3 is 9.47 Å². The number of rotatable bonds is 5. The lowest BCUT2D eigenvalue weighted by atomic mass is 9.93. The lowest BCUT2D eigenvalue weighted by Crippen LogP contribution is -2.11.